The van der Waals surface area contributed by atoms with Crippen LogP contribution in [0.2, 0.25) is 0 Å². The summed E-state index contributed by atoms with van der Waals surface area (Å²) in [7, 11) is 0. The Bertz CT molecular complexity index is 889. The Morgan fingerprint density at radius 2 is 1.62 bits per heavy atom. The molecule has 2 aromatic carbocycles. The van der Waals surface area contributed by atoms with Gasteiger partial charge in [-0.25, -0.2) is 9.97 Å². The Balaban J connectivity index is 2.03. The lowest BCUT2D eigenvalue weighted by Crippen LogP contribution is -2.04. The number of hydrogen-bond acceptors (Lipinski definition) is 7. The largest absolute Gasteiger partial charge is 0.494 e. The minimum atomic E-state index is 0.571. The average molecular weight is 370 g/mol. The molecular weight excluding hydrogens is 348 g/mol. The first-order chi connectivity index (χ1) is 12.7. The van der Waals surface area contributed by atoms with Crippen molar-refractivity contribution < 1.29 is 9.47 Å². The Morgan fingerprint density at radius 3 is 2.27 bits per heavy atom. The van der Waals surface area contributed by atoms with E-state index in [2.05, 4.69) is 15.0 Å². The third kappa shape index (κ3) is 4.11. The van der Waals surface area contributed by atoms with E-state index < -0.39 is 0 Å². The van der Waals surface area contributed by atoms with Crippen LogP contribution in [0.25, 0.3) is 11.0 Å². The summed E-state index contributed by atoms with van der Waals surface area (Å²) in [5.41, 5.74) is 2.44. The maximum atomic E-state index is 5.74. The molecule has 0 aliphatic carbocycles. The summed E-state index contributed by atoms with van der Waals surface area (Å²) in [5.74, 6) is 2.81. The first-order valence-corrected chi connectivity index (χ1v) is 9.70. The molecule has 7 heteroatoms. The number of fused-ring (bicyclic) bond motifs is 1. The van der Waals surface area contributed by atoms with Crippen molar-refractivity contribution >= 4 is 40.3 Å². The Kier molecular flexibility index (Phi) is 6.01. The van der Waals surface area contributed by atoms with Gasteiger partial charge in [-0.3, -0.25) is 0 Å². The SMILES string of the molecule is CCOc1ccc(OCC)c(Nc2nc3ccccc3nc2NSC)c1. The zero-order chi connectivity index (χ0) is 18.4. The fourth-order valence-corrected chi connectivity index (χ4v) is 2.86. The van der Waals surface area contributed by atoms with E-state index in [1.807, 2.05) is 62.6 Å². The molecule has 3 rings (SSSR count). The molecule has 0 spiro atoms. The lowest BCUT2D eigenvalue weighted by Gasteiger charge is -2.16. The predicted octanol–water partition coefficient (Wildman–Crippen LogP) is 4.86. The Labute approximate surface area is 157 Å². The summed E-state index contributed by atoms with van der Waals surface area (Å²) in [6, 6.07) is 13.5. The standard InChI is InChI=1S/C19H22N4O2S/c1-4-24-13-10-11-17(25-5-2)16(12-13)22-18-19(23-26-3)21-15-9-7-6-8-14(15)20-18/h6-12H,4-5H2,1-3H3,(H,20,22)(H,21,23). The molecule has 26 heavy (non-hydrogen) atoms. The van der Waals surface area contributed by atoms with Crippen LogP contribution >= 0.6 is 11.9 Å². The van der Waals surface area contributed by atoms with Gasteiger partial charge in [-0.05, 0) is 38.1 Å². The molecule has 0 radical (unpaired) electrons. The van der Waals surface area contributed by atoms with E-state index in [1.54, 1.807) is 0 Å². The van der Waals surface area contributed by atoms with Crippen LogP contribution in [0.3, 0.4) is 0 Å². The van der Waals surface area contributed by atoms with Crippen molar-refractivity contribution in [3.63, 3.8) is 0 Å². The second-order valence-electron chi connectivity index (χ2n) is 5.36. The van der Waals surface area contributed by atoms with Gasteiger partial charge in [0, 0.05) is 12.3 Å². The lowest BCUT2D eigenvalue weighted by atomic mass is 10.2. The average Bonchev–Trinajstić information content (AvgIpc) is 2.65. The van der Waals surface area contributed by atoms with Crippen LogP contribution in [-0.4, -0.2) is 29.4 Å². The molecule has 0 unspecified atom stereocenters. The maximum Gasteiger partial charge on any atom is 0.180 e. The second kappa shape index (κ2) is 8.62. The van der Waals surface area contributed by atoms with Crippen LogP contribution in [0.5, 0.6) is 11.5 Å². The lowest BCUT2D eigenvalue weighted by molar-refractivity contribution is 0.332. The van der Waals surface area contributed by atoms with Crippen LogP contribution in [0.4, 0.5) is 17.3 Å². The number of benzene rings is 2. The van der Waals surface area contributed by atoms with Crippen molar-refractivity contribution in [2.45, 2.75) is 13.8 Å². The van der Waals surface area contributed by atoms with Gasteiger partial charge < -0.3 is 19.5 Å². The predicted molar refractivity (Wildman–Crippen MR) is 109 cm³/mol. The van der Waals surface area contributed by atoms with Crippen molar-refractivity contribution in [1.29, 1.82) is 0 Å². The molecule has 2 N–H and O–H groups in total. The van der Waals surface area contributed by atoms with Gasteiger partial charge in [0.15, 0.2) is 11.6 Å². The van der Waals surface area contributed by atoms with Gasteiger partial charge in [-0.15, -0.1) is 0 Å². The van der Waals surface area contributed by atoms with Crippen molar-refractivity contribution in [2.75, 3.05) is 29.5 Å². The van der Waals surface area contributed by atoms with Gasteiger partial charge in [0.05, 0.1) is 29.9 Å². The third-order valence-corrected chi connectivity index (χ3v) is 3.98. The Morgan fingerprint density at radius 1 is 0.923 bits per heavy atom. The zero-order valence-electron chi connectivity index (χ0n) is 15.1. The molecule has 0 amide bonds. The molecule has 0 aliphatic heterocycles. The number of nitrogens with zero attached hydrogens (tertiary/aromatic N) is 2. The van der Waals surface area contributed by atoms with Crippen molar-refractivity contribution in [3.05, 3.63) is 42.5 Å². The molecule has 136 valence electrons. The molecule has 6 nitrogen and oxygen atoms in total. The van der Waals surface area contributed by atoms with Crippen LogP contribution in [0, 0.1) is 0 Å². The molecule has 0 atom stereocenters. The fourth-order valence-electron chi connectivity index (χ4n) is 2.53. The van der Waals surface area contributed by atoms with E-state index in [9.17, 15) is 0 Å². The number of ether oxygens (including phenoxy) is 2. The second-order valence-corrected chi connectivity index (χ2v) is 5.98. The van der Waals surface area contributed by atoms with Crippen LogP contribution in [-0.2, 0) is 0 Å². The van der Waals surface area contributed by atoms with E-state index >= 15 is 0 Å². The highest BCUT2D eigenvalue weighted by Gasteiger charge is 2.13. The molecule has 0 fully saturated rings. The highest BCUT2D eigenvalue weighted by Crippen LogP contribution is 2.34. The molecule has 0 saturated carbocycles. The maximum absolute atomic E-state index is 5.74. The summed E-state index contributed by atoms with van der Waals surface area (Å²) >= 11 is 1.47. The summed E-state index contributed by atoms with van der Waals surface area (Å²) in [6.45, 7) is 5.08. The normalized spacial score (nSPS) is 10.6. The van der Waals surface area contributed by atoms with Gasteiger partial charge in [0.1, 0.15) is 11.5 Å². The van der Waals surface area contributed by atoms with Gasteiger partial charge in [0.25, 0.3) is 0 Å². The van der Waals surface area contributed by atoms with Crippen molar-refractivity contribution in [2.24, 2.45) is 0 Å². The zero-order valence-corrected chi connectivity index (χ0v) is 15.9. The highest BCUT2D eigenvalue weighted by atomic mass is 32.2. The summed E-state index contributed by atoms with van der Waals surface area (Å²) < 4.78 is 14.5. The van der Waals surface area contributed by atoms with E-state index in [4.69, 9.17) is 14.5 Å². The monoisotopic (exact) mass is 370 g/mol. The third-order valence-electron chi connectivity index (χ3n) is 3.58. The molecule has 0 saturated heterocycles. The molecule has 0 aliphatic rings. The first kappa shape index (κ1) is 18.1. The summed E-state index contributed by atoms with van der Waals surface area (Å²) in [4.78, 5) is 9.39. The van der Waals surface area contributed by atoms with E-state index in [1.165, 1.54) is 11.9 Å². The summed E-state index contributed by atoms with van der Waals surface area (Å²) in [6.07, 6.45) is 1.95. The molecule has 0 bridgehead atoms. The summed E-state index contributed by atoms with van der Waals surface area (Å²) in [5, 5.41) is 3.35. The van der Waals surface area contributed by atoms with Gasteiger partial charge in [-0.2, -0.15) is 0 Å². The van der Waals surface area contributed by atoms with E-state index in [0.29, 0.717) is 24.8 Å². The number of aromatic nitrogens is 2. The molecule has 1 aromatic heterocycles. The minimum absolute atomic E-state index is 0.571. The van der Waals surface area contributed by atoms with Gasteiger partial charge >= 0.3 is 0 Å². The smallest absolute Gasteiger partial charge is 0.180 e. The number of hydrogen-bond donors (Lipinski definition) is 2. The van der Waals surface area contributed by atoms with Crippen molar-refractivity contribution in [1.82, 2.24) is 9.97 Å². The highest BCUT2D eigenvalue weighted by molar-refractivity contribution is 7.99. The van der Waals surface area contributed by atoms with E-state index in [0.717, 1.165) is 28.2 Å². The number of anilines is 3. The van der Waals surface area contributed by atoms with Crippen LogP contribution < -0.4 is 19.5 Å². The topological polar surface area (TPSA) is 68.3 Å². The quantitative estimate of drug-likeness (QED) is 0.549. The molecular formula is C19H22N4O2S. The number of rotatable bonds is 8. The number of para-hydroxylation sites is 2. The fraction of sp³-hybridized carbons (Fsp3) is 0.263. The van der Waals surface area contributed by atoms with Crippen molar-refractivity contribution in [3.8, 4) is 11.5 Å². The minimum Gasteiger partial charge on any atom is -0.494 e. The van der Waals surface area contributed by atoms with Crippen LogP contribution in [0.1, 0.15) is 13.8 Å². The Hall–Kier alpha value is -2.67. The molecule has 1 heterocycles. The van der Waals surface area contributed by atoms with E-state index in [-0.39, 0.29) is 0 Å². The van der Waals surface area contributed by atoms with Gasteiger partial charge in [0.2, 0.25) is 0 Å². The number of nitrogens with one attached hydrogen (secondary N) is 2. The van der Waals surface area contributed by atoms with Gasteiger partial charge in [-0.1, -0.05) is 24.1 Å². The van der Waals surface area contributed by atoms with Crippen LogP contribution in [0.15, 0.2) is 42.5 Å². The molecule has 3 aromatic rings. The first-order valence-electron chi connectivity index (χ1n) is 8.47.